The number of fused-ring (bicyclic) bond motifs is 1. The first-order chi connectivity index (χ1) is 16.8. The predicted octanol–water partition coefficient (Wildman–Crippen LogP) is 4.38. The molecule has 2 aromatic heterocycles. The van der Waals surface area contributed by atoms with Crippen molar-refractivity contribution in [2.75, 3.05) is 24.5 Å². The fourth-order valence-electron chi connectivity index (χ4n) is 4.28. The number of hydrogen-bond donors (Lipinski definition) is 1. The number of urea groups is 1. The third-order valence-corrected chi connectivity index (χ3v) is 6.20. The number of benzene rings is 1. The molecule has 180 valence electrons. The lowest BCUT2D eigenvalue weighted by atomic mass is 10.0. The van der Waals surface area contributed by atoms with Crippen LogP contribution in [-0.4, -0.2) is 46.4 Å². The van der Waals surface area contributed by atoms with Crippen molar-refractivity contribution in [2.45, 2.75) is 25.6 Å². The third-order valence-electron chi connectivity index (χ3n) is 6.20. The number of rotatable bonds is 4. The first-order valence-electron chi connectivity index (χ1n) is 11.2. The molecule has 5 rings (SSSR count). The molecule has 1 aromatic carbocycles. The summed E-state index contributed by atoms with van der Waals surface area (Å²) in [4.78, 5) is 36.4. The summed E-state index contributed by atoms with van der Waals surface area (Å²) in [7, 11) is 0. The third kappa shape index (κ3) is 5.02. The molecule has 0 unspecified atom stereocenters. The van der Waals surface area contributed by atoms with E-state index in [4.69, 9.17) is 4.98 Å². The molecule has 4 heterocycles. The van der Waals surface area contributed by atoms with Crippen molar-refractivity contribution in [3.63, 3.8) is 0 Å². The van der Waals surface area contributed by atoms with Crippen molar-refractivity contribution >= 4 is 34.2 Å². The second-order valence-corrected chi connectivity index (χ2v) is 8.59. The van der Waals surface area contributed by atoms with Crippen LogP contribution in [0.4, 0.5) is 23.7 Å². The van der Waals surface area contributed by atoms with Gasteiger partial charge in [-0.2, -0.15) is 13.2 Å². The summed E-state index contributed by atoms with van der Waals surface area (Å²) < 4.78 is 38.3. The van der Waals surface area contributed by atoms with E-state index in [1.807, 2.05) is 12.1 Å². The second kappa shape index (κ2) is 9.10. The molecule has 1 N–H and O–H groups in total. The number of anilines is 1. The molecule has 3 amide bonds. The summed E-state index contributed by atoms with van der Waals surface area (Å²) in [6, 6.07) is 10.4. The van der Waals surface area contributed by atoms with Gasteiger partial charge in [-0.25, -0.2) is 9.78 Å². The van der Waals surface area contributed by atoms with Crippen LogP contribution in [0.15, 0.2) is 54.7 Å². The van der Waals surface area contributed by atoms with Crippen LogP contribution < -0.4 is 10.2 Å². The van der Waals surface area contributed by atoms with Gasteiger partial charge in [0, 0.05) is 32.6 Å². The molecule has 35 heavy (non-hydrogen) atoms. The first-order valence-corrected chi connectivity index (χ1v) is 11.2. The van der Waals surface area contributed by atoms with Gasteiger partial charge in [-0.05, 0) is 47.9 Å². The molecule has 3 aromatic rings. The van der Waals surface area contributed by atoms with Gasteiger partial charge in [-0.1, -0.05) is 18.2 Å². The van der Waals surface area contributed by atoms with E-state index in [9.17, 15) is 22.8 Å². The van der Waals surface area contributed by atoms with Crippen LogP contribution in [0.25, 0.3) is 16.6 Å². The van der Waals surface area contributed by atoms with Gasteiger partial charge in [-0.3, -0.25) is 24.9 Å². The Balaban J connectivity index is 1.29. The molecule has 0 bridgehead atoms. The van der Waals surface area contributed by atoms with E-state index < -0.39 is 17.8 Å². The van der Waals surface area contributed by atoms with E-state index >= 15 is 0 Å². The van der Waals surface area contributed by atoms with Gasteiger partial charge in [-0.15, -0.1) is 0 Å². The van der Waals surface area contributed by atoms with Crippen LogP contribution >= 0.6 is 0 Å². The number of alkyl halides is 3. The molecule has 2 aliphatic heterocycles. The average molecular weight is 481 g/mol. The van der Waals surface area contributed by atoms with E-state index in [0.29, 0.717) is 29.8 Å². The standard InChI is InChI=1S/C25H22F3N5O2/c26-25(27,28)18-3-1-16(2-4-18)15-32-10-7-17(8-11-32)20-5-6-21-22(30-20)13-19(14-29-21)33-12-9-23(34)31-24(33)35/h1-7,13-14H,8-12,15H2,(H,31,34,35). The number of pyridine rings is 2. The number of halogens is 3. The zero-order valence-electron chi connectivity index (χ0n) is 18.7. The average Bonchev–Trinajstić information content (AvgIpc) is 2.84. The van der Waals surface area contributed by atoms with Gasteiger partial charge < -0.3 is 0 Å². The fourth-order valence-corrected chi connectivity index (χ4v) is 4.28. The lowest BCUT2D eigenvalue weighted by Gasteiger charge is -2.27. The highest BCUT2D eigenvalue weighted by molar-refractivity contribution is 6.06. The number of imide groups is 1. The minimum absolute atomic E-state index is 0.229. The van der Waals surface area contributed by atoms with E-state index in [0.717, 1.165) is 41.9 Å². The Kier molecular flexibility index (Phi) is 5.98. The van der Waals surface area contributed by atoms with Crippen LogP contribution in [0, 0.1) is 0 Å². The molecule has 2 aliphatic rings. The molecule has 1 saturated heterocycles. The zero-order valence-corrected chi connectivity index (χ0v) is 18.7. The minimum atomic E-state index is -4.33. The molecule has 0 saturated carbocycles. The number of nitrogens with zero attached hydrogens (tertiary/aromatic N) is 4. The lowest BCUT2D eigenvalue weighted by Crippen LogP contribution is -2.49. The highest BCUT2D eigenvalue weighted by atomic mass is 19.4. The van der Waals surface area contributed by atoms with Gasteiger partial charge in [0.2, 0.25) is 5.91 Å². The lowest BCUT2D eigenvalue weighted by molar-refractivity contribution is -0.137. The first kappa shape index (κ1) is 23.0. The molecule has 0 aliphatic carbocycles. The van der Waals surface area contributed by atoms with Crippen molar-refractivity contribution in [1.82, 2.24) is 20.2 Å². The Morgan fingerprint density at radius 3 is 2.46 bits per heavy atom. The van der Waals surface area contributed by atoms with E-state index in [1.54, 1.807) is 12.3 Å². The van der Waals surface area contributed by atoms with Crippen LogP contribution in [-0.2, 0) is 17.5 Å². The van der Waals surface area contributed by atoms with E-state index in [1.165, 1.54) is 17.0 Å². The van der Waals surface area contributed by atoms with Crippen LogP contribution in [0.3, 0.4) is 0 Å². The van der Waals surface area contributed by atoms with Gasteiger partial charge in [0.15, 0.2) is 0 Å². The number of amides is 3. The Hall–Kier alpha value is -3.79. The van der Waals surface area contributed by atoms with Crippen molar-refractivity contribution < 1.29 is 22.8 Å². The SMILES string of the molecule is O=C1CCN(c2cnc3ccc(C4=CCN(Cc5ccc(C(F)(F)F)cc5)CC4)nc3c2)C(=O)N1. The van der Waals surface area contributed by atoms with Crippen molar-refractivity contribution in [2.24, 2.45) is 0 Å². The van der Waals surface area contributed by atoms with E-state index in [2.05, 4.69) is 21.3 Å². The van der Waals surface area contributed by atoms with Gasteiger partial charge in [0.25, 0.3) is 0 Å². The number of aromatic nitrogens is 2. The van der Waals surface area contributed by atoms with Gasteiger partial charge >= 0.3 is 12.2 Å². The van der Waals surface area contributed by atoms with Crippen molar-refractivity contribution in [1.29, 1.82) is 0 Å². The minimum Gasteiger partial charge on any atom is -0.295 e. The number of hydrogen-bond acceptors (Lipinski definition) is 5. The number of carbonyl (C=O) groups is 2. The Morgan fingerprint density at radius 1 is 0.971 bits per heavy atom. The normalized spacial score (nSPS) is 17.5. The summed E-state index contributed by atoms with van der Waals surface area (Å²) >= 11 is 0. The zero-order chi connectivity index (χ0) is 24.6. The Bertz CT molecular complexity index is 1320. The maximum absolute atomic E-state index is 12.8. The molecular formula is C25H22F3N5O2. The topological polar surface area (TPSA) is 78.4 Å². The fraction of sp³-hybridized carbons (Fsp3) is 0.280. The van der Waals surface area contributed by atoms with Gasteiger partial charge in [0.05, 0.1) is 34.2 Å². The molecule has 0 spiro atoms. The van der Waals surface area contributed by atoms with Crippen molar-refractivity contribution in [3.8, 4) is 0 Å². The quantitative estimate of drug-likeness (QED) is 0.598. The molecular weight excluding hydrogens is 459 g/mol. The van der Waals surface area contributed by atoms with Crippen LogP contribution in [0.2, 0.25) is 0 Å². The Labute approximate surface area is 199 Å². The molecule has 7 nitrogen and oxygen atoms in total. The molecule has 0 radical (unpaired) electrons. The van der Waals surface area contributed by atoms with Crippen LogP contribution in [0.1, 0.15) is 29.7 Å². The maximum Gasteiger partial charge on any atom is 0.416 e. The number of nitrogens with one attached hydrogen (secondary N) is 1. The highest BCUT2D eigenvalue weighted by Crippen LogP contribution is 2.30. The predicted molar refractivity (Wildman–Crippen MR) is 124 cm³/mol. The summed E-state index contributed by atoms with van der Waals surface area (Å²) in [6.45, 7) is 2.28. The smallest absolute Gasteiger partial charge is 0.295 e. The molecule has 1 fully saturated rings. The number of carbonyl (C=O) groups excluding carboxylic acids is 2. The van der Waals surface area contributed by atoms with Gasteiger partial charge in [0.1, 0.15) is 0 Å². The summed E-state index contributed by atoms with van der Waals surface area (Å²) in [5.41, 5.74) is 4.03. The monoisotopic (exact) mass is 481 g/mol. The summed E-state index contributed by atoms with van der Waals surface area (Å²) in [6.07, 6.45) is 0.334. The van der Waals surface area contributed by atoms with E-state index in [-0.39, 0.29) is 18.9 Å². The molecule has 10 heteroatoms. The largest absolute Gasteiger partial charge is 0.416 e. The molecule has 0 atom stereocenters. The highest BCUT2D eigenvalue weighted by Gasteiger charge is 2.30. The summed E-state index contributed by atoms with van der Waals surface area (Å²) in [5, 5.41) is 2.31. The second-order valence-electron chi connectivity index (χ2n) is 8.59. The van der Waals surface area contributed by atoms with Crippen molar-refractivity contribution in [3.05, 3.63) is 71.6 Å². The Morgan fingerprint density at radius 2 is 1.77 bits per heavy atom. The maximum atomic E-state index is 12.8. The van der Waals surface area contributed by atoms with Crippen LogP contribution in [0.5, 0.6) is 0 Å². The summed E-state index contributed by atoms with van der Waals surface area (Å²) in [5.74, 6) is -0.294.